The van der Waals surface area contributed by atoms with E-state index in [1.165, 1.54) is 4.68 Å². The molecule has 1 unspecified atom stereocenters. The van der Waals surface area contributed by atoms with E-state index in [2.05, 4.69) is 10.3 Å². The standard InChI is InChI=1S/C9H17N3O3/c1-7(2)15-6-9(14)4-12-3-8(5-13)10-11-12/h3,7,9,13-14H,4-6H2,1-2H3. The first kappa shape index (κ1) is 12.1. The molecule has 1 rings (SSSR count). The molecule has 0 aliphatic carbocycles. The molecule has 1 atom stereocenters. The third kappa shape index (κ3) is 4.37. The second kappa shape index (κ2) is 5.79. The molecule has 2 N–H and O–H groups in total. The van der Waals surface area contributed by atoms with Crippen molar-refractivity contribution in [1.29, 1.82) is 0 Å². The Kier molecular flexibility index (Phi) is 4.67. The molecule has 0 fully saturated rings. The van der Waals surface area contributed by atoms with Gasteiger partial charge in [-0.05, 0) is 13.8 Å². The summed E-state index contributed by atoms with van der Waals surface area (Å²) in [6.45, 7) is 4.27. The topological polar surface area (TPSA) is 80.4 Å². The van der Waals surface area contributed by atoms with Gasteiger partial charge in [-0.25, -0.2) is 4.68 Å². The summed E-state index contributed by atoms with van der Waals surface area (Å²) in [4.78, 5) is 0. The van der Waals surface area contributed by atoms with Crippen LogP contribution in [0, 0.1) is 0 Å². The number of hydrogen-bond donors (Lipinski definition) is 2. The van der Waals surface area contributed by atoms with Crippen LogP contribution in [0.15, 0.2) is 6.20 Å². The zero-order valence-electron chi connectivity index (χ0n) is 9.00. The molecule has 0 bridgehead atoms. The van der Waals surface area contributed by atoms with E-state index in [4.69, 9.17) is 9.84 Å². The quantitative estimate of drug-likeness (QED) is 0.672. The van der Waals surface area contributed by atoms with E-state index < -0.39 is 6.10 Å². The van der Waals surface area contributed by atoms with Crippen molar-refractivity contribution in [1.82, 2.24) is 15.0 Å². The first-order valence-electron chi connectivity index (χ1n) is 4.91. The van der Waals surface area contributed by atoms with E-state index in [0.717, 1.165) is 0 Å². The average molecular weight is 215 g/mol. The summed E-state index contributed by atoms with van der Waals surface area (Å²) in [7, 11) is 0. The highest BCUT2D eigenvalue weighted by Gasteiger charge is 2.08. The van der Waals surface area contributed by atoms with Gasteiger partial charge in [-0.2, -0.15) is 0 Å². The van der Waals surface area contributed by atoms with Crippen molar-refractivity contribution in [3.8, 4) is 0 Å². The molecule has 0 amide bonds. The van der Waals surface area contributed by atoms with Crippen LogP contribution in [-0.4, -0.2) is 44.0 Å². The van der Waals surface area contributed by atoms with Crippen molar-refractivity contribution < 1.29 is 14.9 Å². The molecule has 1 aromatic rings. The van der Waals surface area contributed by atoms with Gasteiger partial charge in [0.15, 0.2) is 0 Å². The number of aliphatic hydroxyl groups excluding tert-OH is 2. The molecular formula is C9H17N3O3. The molecule has 0 saturated carbocycles. The van der Waals surface area contributed by atoms with E-state index in [0.29, 0.717) is 12.2 Å². The molecule has 1 aromatic heterocycles. The second-order valence-electron chi connectivity index (χ2n) is 3.63. The third-order valence-electron chi connectivity index (χ3n) is 1.77. The normalized spacial score (nSPS) is 13.4. The van der Waals surface area contributed by atoms with Crippen LogP contribution < -0.4 is 0 Å². The van der Waals surface area contributed by atoms with Gasteiger partial charge in [-0.3, -0.25) is 0 Å². The molecule has 0 aliphatic heterocycles. The third-order valence-corrected chi connectivity index (χ3v) is 1.77. The summed E-state index contributed by atoms with van der Waals surface area (Å²) in [5.41, 5.74) is 0.493. The molecule has 0 saturated heterocycles. The maximum atomic E-state index is 9.56. The van der Waals surface area contributed by atoms with Crippen LogP contribution in [0.25, 0.3) is 0 Å². The molecule has 0 spiro atoms. The van der Waals surface area contributed by atoms with Gasteiger partial charge in [-0.1, -0.05) is 5.21 Å². The van der Waals surface area contributed by atoms with Gasteiger partial charge in [0.2, 0.25) is 0 Å². The maximum Gasteiger partial charge on any atom is 0.108 e. The lowest BCUT2D eigenvalue weighted by Crippen LogP contribution is -2.24. The van der Waals surface area contributed by atoms with E-state index in [1.807, 2.05) is 13.8 Å². The van der Waals surface area contributed by atoms with Gasteiger partial charge in [0.1, 0.15) is 5.69 Å². The molecule has 15 heavy (non-hydrogen) atoms. The molecule has 86 valence electrons. The van der Waals surface area contributed by atoms with Crippen LogP contribution in [-0.2, 0) is 17.9 Å². The Morgan fingerprint density at radius 2 is 2.27 bits per heavy atom. The first-order chi connectivity index (χ1) is 7.11. The van der Waals surface area contributed by atoms with E-state index >= 15 is 0 Å². The first-order valence-corrected chi connectivity index (χ1v) is 4.91. The van der Waals surface area contributed by atoms with Gasteiger partial charge >= 0.3 is 0 Å². The van der Waals surface area contributed by atoms with Gasteiger partial charge in [0.05, 0.1) is 38.2 Å². The Labute approximate surface area is 88.5 Å². The molecule has 6 nitrogen and oxygen atoms in total. The zero-order valence-corrected chi connectivity index (χ0v) is 9.00. The smallest absolute Gasteiger partial charge is 0.108 e. The largest absolute Gasteiger partial charge is 0.390 e. The van der Waals surface area contributed by atoms with Gasteiger partial charge in [0.25, 0.3) is 0 Å². The van der Waals surface area contributed by atoms with E-state index in [1.54, 1.807) is 6.20 Å². The highest BCUT2D eigenvalue weighted by Crippen LogP contribution is 1.97. The SMILES string of the molecule is CC(C)OCC(O)Cn1cc(CO)nn1. The van der Waals surface area contributed by atoms with Crippen LogP contribution in [0.3, 0.4) is 0 Å². The Hall–Kier alpha value is -0.980. The molecule has 0 radical (unpaired) electrons. The predicted octanol–water partition coefficient (Wildman–Crippen LogP) is -0.444. The van der Waals surface area contributed by atoms with Gasteiger partial charge in [-0.15, -0.1) is 5.10 Å². The minimum absolute atomic E-state index is 0.100. The minimum Gasteiger partial charge on any atom is -0.390 e. The van der Waals surface area contributed by atoms with Gasteiger partial charge < -0.3 is 14.9 Å². The van der Waals surface area contributed by atoms with Crippen molar-refractivity contribution >= 4 is 0 Å². The number of rotatable bonds is 6. The number of aromatic nitrogens is 3. The summed E-state index contributed by atoms with van der Waals surface area (Å²) in [5, 5.41) is 25.8. The zero-order chi connectivity index (χ0) is 11.3. The van der Waals surface area contributed by atoms with E-state index in [-0.39, 0.29) is 19.3 Å². The summed E-state index contributed by atoms with van der Waals surface area (Å²) < 4.78 is 6.73. The van der Waals surface area contributed by atoms with Crippen LogP contribution in [0.1, 0.15) is 19.5 Å². The fourth-order valence-electron chi connectivity index (χ4n) is 1.07. The highest BCUT2D eigenvalue weighted by molar-refractivity contribution is 4.89. The number of nitrogens with zero attached hydrogens (tertiary/aromatic N) is 3. The predicted molar refractivity (Wildman–Crippen MR) is 53.0 cm³/mol. The van der Waals surface area contributed by atoms with E-state index in [9.17, 15) is 5.11 Å². The Bertz CT molecular complexity index is 288. The molecule has 0 aromatic carbocycles. The van der Waals surface area contributed by atoms with Crippen LogP contribution in [0.5, 0.6) is 0 Å². The maximum absolute atomic E-state index is 9.56. The molecule has 6 heteroatoms. The minimum atomic E-state index is -0.611. The lowest BCUT2D eigenvalue weighted by molar-refractivity contribution is -0.00221. The highest BCUT2D eigenvalue weighted by atomic mass is 16.5. The van der Waals surface area contributed by atoms with Crippen molar-refractivity contribution in [3.05, 3.63) is 11.9 Å². The van der Waals surface area contributed by atoms with Crippen LogP contribution in [0.4, 0.5) is 0 Å². The molecule has 1 heterocycles. The molecular weight excluding hydrogens is 198 g/mol. The Balaban J connectivity index is 2.33. The average Bonchev–Trinajstić information content (AvgIpc) is 2.62. The van der Waals surface area contributed by atoms with Crippen LogP contribution >= 0.6 is 0 Å². The lowest BCUT2D eigenvalue weighted by Gasteiger charge is -2.12. The summed E-state index contributed by atoms with van der Waals surface area (Å²) in [6, 6.07) is 0. The monoisotopic (exact) mass is 215 g/mol. The van der Waals surface area contributed by atoms with Crippen molar-refractivity contribution in [3.63, 3.8) is 0 Å². The number of hydrogen-bond acceptors (Lipinski definition) is 5. The number of aliphatic hydroxyl groups is 2. The fraction of sp³-hybridized carbons (Fsp3) is 0.778. The molecule has 0 aliphatic rings. The summed E-state index contributed by atoms with van der Waals surface area (Å²) in [6.07, 6.45) is 1.09. The Morgan fingerprint density at radius 1 is 1.53 bits per heavy atom. The summed E-state index contributed by atoms with van der Waals surface area (Å²) >= 11 is 0. The fourth-order valence-corrected chi connectivity index (χ4v) is 1.07. The van der Waals surface area contributed by atoms with Crippen molar-refractivity contribution in [2.24, 2.45) is 0 Å². The summed E-state index contributed by atoms with van der Waals surface area (Å²) in [5.74, 6) is 0. The van der Waals surface area contributed by atoms with Crippen molar-refractivity contribution in [2.75, 3.05) is 6.61 Å². The Morgan fingerprint density at radius 3 is 2.80 bits per heavy atom. The van der Waals surface area contributed by atoms with Crippen molar-refractivity contribution in [2.45, 2.75) is 39.2 Å². The lowest BCUT2D eigenvalue weighted by atomic mass is 10.3. The second-order valence-corrected chi connectivity index (χ2v) is 3.63. The van der Waals surface area contributed by atoms with Gasteiger partial charge in [0, 0.05) is 0 Å². The van der Waals surface area contributed by atoms with Crippen LogP contribution in [0.2, 0.25) is 0 Å². The number of ether oxygens (including phenoxy) is 1.